The number of aliphatic carboxylic acids is 1. The molecule has 5 atom stereocenters. The van der Waals surface area contributed by atoms with Crippen LogP contribution in [0.15, 0.2) is 4.99 Å². The number of thioether (sulfide) groups is 1. The highest BCUT2D eigenvalue weighted by Gasteiger charge is 2.32. The van der Waals surface area contributed by atoms with Gasteiger partial charge in [0.15, 0.2) is 5.96 Å². The number of aliphatic imine (C=N–C) groups is 1. The molecule has 0 aliphatic heterocycles. The molecule has 13 nitrogen and oxygen atoms in total. The Kier molecular flexibility index (Phi) is 15.3. The fourth-order valence-corrected chi connectivity index (χ4v) is 3.28. The van der Waals surface area contributed by atoms with Crippen LogP contribution in [-0.4, -0.2) is 94.4 Å². The number of aliphatic hydroxyl groups is 1. The van der Waals surface area contributed by atoms with Crippen molar-refractivity contribution in [1.82, 2.24) is 16.0 Å². The Morgan fingerprint density at radius 2 is 1.64 bits per heavy atom. The van der Waals surface area contributed by atoms with Crippen molar-refractivity contribution in [3.63, 3.8) is 0 Å². The standard InChI is InChI=1S/C18H35N7O6S2/c1-9(26)13(16(29)23-11(17(30)31)4-3-6-22-18(20)21)25-15(28)12(8-32)24-14(27)10(19)5-7-33-2/h9-13,26,32H,3-8,19H2,1-2H3,(H,23,29)(H,24,27)(H,25,28)(H,30,31)(H4,20,21,22). The zero-order chi connectivity index (χ0) is 25.6. The number of amides is 3. The molecule has 0 aliphatic rings. The van der Waals surface area contributed by atoms with Gasteiger partial charge < -0.3 is 43.4 Å². The van der Waals surface area contributed by atoms with Crippen molar-refractivity contribution in [3.05, 3.63) is 0 Å². The Hall–Kier alpha value is -2.23. The number of carboxylic acids is 1. The summed E-state index contributed by atoms with van der Waals surface area (Å²) in [5.41, 5.74) is 16.2. The third-order valence-electron chi connectivity index (χ3n) is 4.41. The summed E-state index contributed by atoms with van der Waals surface area (Å²) in [5, 5.41) is 26.4. The quantitative estimate of drug-likeness (QED) is 0.0441. The highest BCUT2D eigenvalue weighted by Crippen LogP contribution is 2.03. The number of rotatable bonds is 16. The Balaban J connectivity index is 5.10. The van der Waals surface area contributed by atoms with Crippen molar-refractivity contribution in [2.45, 2.75) is 56.5 Å². The molecule has 15 heteroatoms. The number of nitrogens with one attached hydrogen (secondary N) is 3. The number of carbonyl (C=O) groups is 4. The van der Waals surface area contributed by atoms with Gasteiger partial charge in [-0.1, -0.05) is 0 Å². The summed E-state index contributed by atoms with van der Waals surface area (Å²) in [6.07, 6.45) is 1.21. The average Bonchev–Trinajstić information content (AvgIpc) is 2.74. The van der Waals surface area contributed by atoms with Crippen molar-refractivity contribution in [1.29, 1.82) is 0 Å². The lowest BCUT2D eigenvalue weighted by Crippen LogP contribution is -2.60. The van der Waals surface area contributed by atoms with Gasteiger partial charge in [0.25, 0.3) is 0 Å². The Morgan fingerprint density at radius 3 is 2.12 bits per heavy atom. The number of aliphatic hydroxyl groups excluding tert-OH is 1. The van der Waals surface area contributed by atoms with E-state index in [0.717, 1.165) is 0 Å². The summed E-state index contributed by atoms with van der Waals surface area (Å²) in [5.74, 6) is -3.12. The molecule has 11 N–H and O–H groups in total. The lowest BCUT2D eigenvalue weighted by molar-refractivity contribution is -0.143. The van der Waals surface area contributed by atoms with Crippen molar-refractivity contribution in [3.8, 4) is 0 Å². The van der Waals surface area contributed by atoms with Crippen LogP contribution >= 0.6 is 24.4 Å². The van der Waals surface area contributed by atoms with Gasteiger partial charge in [-0.25, -0.2) is 4.79 Å². The number of hydrogen-bond acceptors (Lipinski definition) is 9. The van der Waals surface area contributed by atoms with Crippen LogP contribution in [0, 0.1) is 0 Å². The molecule has 0 aromatic heterocycles. The lowest BCUT2D eigenvalue weighted by atomic mass is 10.1. The van der Waals surface area contributed by atoms with E-state index in [0.29, 0.717) is 12.2 Å². The van der Waals surface area contributed by atoms with Crippen LogP contribution < -0.4 is 33.2 Å². The van der Waals surface area contributed by atoms with Crippen LogP contribution in [0.5, 0.6) is 0 Å². The number of nitrogens with two attached hydrogens (primary N) is 3. The second-order valence-electron chi connectivity index (χ2n) is 7.21. The van der Waals surface area contributed by atoms with Crippen LogP contribution in [-0.2, 0) is 19.2 Å². The second-order valence-corrected chi connectivity index (χ2v) is 8.56. The zero-order valence-corrected chi connectivity index (χ0v) is 20.4. The predicted molar refractivity (Wildman–Crippen MR) is 130 cm³/mol. The summed E-state index contributed by atoms with van der Waals surface area (Å²) >= 11 is 5.57. The first-order chi connectivity index (χ1) is 15.4. The Bertz CT molecular complexity index is 691. The smallest absolute Gasteiger partial charge is 0.326 e. The van der Waals surface area contributed by atoms with E-state index in [4.69, 9.17) is 17.2 Å². The monoisotopic (exact) mass is 509 g/mol. The van der Waals surface area contributed by atoms with Gasteiger partial charge >= 0.3 is 5.97 Å². The molecule has 0 radical (unpaired) electrons. The molecule has 0 spiro atoms. The van der Waals surface area contributed by atoms with Crippen LogP contribution in [0.25, 0.3) is 0 Å². The molecule has 0 fully saturated rings. The van der Waals surface area contributed by atoms with Crippen LogP contribution in [0.1, 0.15) is 26.2 Å². The Labute approximate surface area is 202 Å². The molecular weight excluding hydrogens is 474 g/mol. The minimum absolute atomic E-state index is 0.0155. The van der Waals surface area contributed by atoms with E-state index in [1.807, 2.05) is 6.26 Å². The fourth-order valence-electron chi connectivity index (χ4n) is 2.53. The summed E-state index contributed by atoms with van der Waals surface area (Å²) < 4.78 is 0. The largest absolute Gasteiger partial charge is 0.480 e. The van der Waals surface area contributed by atoms with Gasteiger partial charge in [-0.05, 0) is 38.2 Å². The molecular formula is C18H35N7O6S2. The molecule has 33 heavy (non-hydrogen) atoms. The highest BCUT2D eigenvalue weighted by atomic mass is 32.2. The molecule has 0 aliphatic carbocycles. The second kappa shape index (κ2) is 16.4. The molecule has 3 amide bonds. The number of nitrogens with zero attached hydrogens (tertiary/aromatic N) is 1. The molecule has 0 saturated heterocycles. The molecule has 0 saturated carbocycles. The van der Waals surface area contributed by atoms with Gasteiger partial charge in [-0.2, -0.15) is 24.4 Å². The van der Waals surface area contributed by atoms with E-state index in [1.165, 1.54) is 18.7 Å². The molecule has 0 heterocycles. The Morgan fingerprint density at radius 1 is 1.03 bits per heavy atom. The van der Waals surface area contributed by atoms with E-state index < -0.39 is 54.0 Å². The topological polar surface area (TPSA) is 235 Å². The predicted octanol–water partition coefficient (Wildman–Crippen LogP) is -3.03. The molecule has 0 aromatic rings. The first-order valence-corrected chi connectivity index (χ1v) is 12.2. The number of carboxylic acid groups (broad SMARTS) is 1. The van der Waals surface area contributed by atoms with Gasteiger partial charge in [-0.15, -0.1) is 0 Å². The van der Waals surface area contributed by atoms with E-state index in [9.17, 15) is 29.4 Å². The lowest BCUT2D eigenvalue weighted by Gasteiger charge is -2.26. The van der Waals surface area contributed by atoms with Crippen LogP contribution in [0.2, 0.25) is 0 Å². The van der Waals surface area contributed by atoms with Gasteiger partial charge in [0.1, 0.15) is 18.1 Å². The van der Waals surface area contributed by atoms with Crippen molar-refractivity contribution >= 4 is 54.0 Å². The number of hydrogen-bond donors (Lipinski definition) is 9. The summed E-state index contributed by atoms with van der Waals surface area (Å²) in [6, 6.07) is -4.70. The van der Waals surface area contributed by atoms with Crippen LogP contribution in [0.3, 0.4) is 0 Å². The molecule has 190 valence electrons. The summed E-state index contributed by atoms with van der Waals surface area (Å²) in [4.78, 5) is 52.6. The first kappa shape index (κ1) is 30.8. The third-order valence-corrected chi connectivity index (χ3v) is 5.42. The van der Waals surface area contributed by atoms with Gasteiger partial charge in [0.05, 0.1) is 12.1 Å². The van der Waals surface area contributed by atoms with Crippen LogP contribution in [0.4, 0.5) is 0 Å². The van der Waals surface area contributed by atoms with E-state index in [-0.39, 0.29) is 31.1 Å². The van der Waals surface area contributed by atoms with E-state index in [2.05, 4.69) is 33.6 Å². The molecule has 0 bridgehead atoms. The molecule has 5 unspecified atom stereocenters. The summed E-state index contributed by atoms with van der Waals surface area (Å²) in [6.45, 7) is 1.42. The maximum atomic E-state index is 12.6. The van der Waals surface area contributed by atoms with E-state index in [1.54, 1.807) is 0 Å². The minimum Gasteiger partial charge on any atom is -0.480 e. The van der Waals surface area contributed by atoms with Crippen molar-refractivity contribution < 1.29 is 29.4 Å². The van der Waals surface area contributed by atoms with Gasteiger partial charge in [-0.3, -0.25) is 19.4 Å². The SMILES string of the molecule is CSCCC(N)C(=O)NC(CS)C(=O)NC(C(=O)NC(CCCN=C(N)N)C(=O)O)C(C)O. The van der Waals surface area contributed by atoms with Crippen molar-refractivity contribution in [2.24, 2.45) is 22.2 Å². The third kappa shape index (κ3) is 12.6. The van der Waals surface area contributed by atoms with Crippen molar-refractivity contribution in [2.75, 3.05) is 24.3 Å². The fraction of sp³-hybridized carbons (Fsp3) is 0.722. The van der Waals surface area contributed by atoms with Gasteiger partial charge in [0.2, 0.25) is 17.7 Å². The average molecular weight is 510 g/mol. The number of guanidine groups is 1. The zero-order valence-electron chi connectivity index (χ0n) is 18.7. The number of thiol groups is 1. The van der Waals surface area contributed by atoms with E-state index >= 15 is 0 Å². The minimum atomic E-state index is -1.47. The highest BCUT2D eigenvalue weighted by molar-refractivity contribution is 7.98. The normalized spacial score (nSPS) is 15.3. The first-order valence-electron chi connectivity index (χ1n) is 10.2. The maximum absolute atomic E-state index is 12.6. The molecule has 0 aromatic carbocycles. The summed E-state index contributed by atoms with van der Waals surface area (Å²) in [7, 11) is 0. The number of carbonyl (C=O) groups excluding carboxylic acids is 3. The maximum Gasteiger partial charge on any atom is 0.326 e. The molecule has 0 rings (SSSR count). The van der Waals surface area contributed by atoms with Gasteiger partial charge in [0, 0.05) is 12.3 Å².